The molecule has 2 fully saturated rings. The van der Waals surface area contributed by atoms with Crippen molar-refractivity contribution in [2.24, 2.45) is 17.8 Å². The third-order valence-electron chi connectivity index (χ3n) is 7.55. The van der Waals surface area contributed by atoms with Gasteiger partial charge >= 0.3 is 12.1 Å². The summed E-state index contributed by atoms with van der Waals surface area (Å²) in [5.74, 6) is 0.387. The van der Waals surface area contributed by atoms with Crippen molar-refractivity contribution in [3.8, 4) is 0 Å². The Morgan fingerprint density at radius 3 is 2.21 bits per heavy atom. The Hall–Kier alpha value is -3.61. The first-order chi connectivity index (χ1) is 18.2. The summed E-state index contributed by atoms with van der Waals surface area (Å²) in [5, 5.41) is 0. The van der Waals surface area contributed by atoms with E-state index in [9.17, 15) is 14.4 Å². The summed E-state index contributed by atoms with van der Waals surface area (Å²) in [4.78, 5) is 41.5. The van der Waals surface area contributed by atoms with E-state index in [4.69, 9.17) is 9.47 Å². The van der Waals surface area contributed by atoms with Crippen molar-refractivity contribution in [2.45, 2.75) is 59.5 Å². The number of anilines is 2. The van der Waals surface area contributed by atoms with Gasteiger partial charge in [0.05, 0.1) is 6.42 Å². The number of ether oxygens (including phenoxy) is 2. The van der Waals surface area contributed by atoms with Crippen LogP contribution in [0.3, 0.4) is 0 Å². The maximum atomic E-state index is 13.2. The number of hydrogen-bond acceptors (Lipinski definition) is 6. The van der Waals surface area contributed by atoms with Crippen LogP contribution in [-0.4, -0.2) is 42.1 Å². The Bertz CT molecular complexity index is 1120. The molecule has 3 unspecified atom stereocenters. The summed E-state index contributed by atoms with van der Waals surface area (Å²) in [5.41, 5.74) is 2.52. The van der Waals surface area contributed by atoms with Crippen LogP contribution in [0.25, 0.3) is 0 Å². The Morgan fingerprint density at radius 1 is 1.03 bits per heavy atom. The molecule has 2 aromatic rings. The number of benzene rings is 2. The maximum Gasteiger partial charge on any atom is 0.422 e. The first-order valence-corrected chi connectivity index (χ1v) is 13.5. The van der Waals surface area contributed by atoms with Crippen LogP contribution in [0, 0.1) is 17.8 Å². The number of hydrogen-bond donors (Lipinski definition) is 0. The van der Waals surface area contributed by atoms with E-state index in [0.717, 1.165) is 35.5 Å². The number of esters is 1. The minimum Gasteiger partial charge on any atom is -0.462 e. The van der Waals surface area contributed by atoms with Crippen molar-refractivity contribution in [1.29, 1.82) is 0 Å². The van der Waals surface area contributed by atoms with Crippen molar-refractivity contribution in [1.82, 2.24) is 4.90 Å². The molecule has 1 saturated heterocycles. The Labute approximate surface area is 225 Å². The Morgan fingerprint density at radius 2 is 1.63 bits per heavy atom. The lowest BCUT2D eigenvalue weighted by atomic mass is 9.75. The van der Waals surface area contributed by atoms with Crippen LogP contribution < -0.4 is 4.90 Å². The molecule has 0 N–H and O–H groups in total. The summed E-state index contributed by atoms with van der Waals surface area (Å²) in [6, 6.07) is 19.6. The third-order valence-corrected chi connectivity index (χ3v) is 7.55. The molecule has 7 heteroatoms. The van der Waals surface area contributed by atoms with Gasteiger partial charge in [-0.05, 0) is 67.4 Å². The van der Waals surface area contributed by atoms with Gasteiger partial charge in [-0.3, -0.25) is 9.59 Å². The zero-order valence-electron chi connectivity index (χ0n) is 22.8. The predicted octanol–water partition coefficient (Wildman–Crippen LogP) is 6.47. The molecule has 1 aliphatic carbocycles. The second-order valence-electron chi connectivity index (χ2n) is 10.8. The normalized spacial score (nSPS) is 22.9. The van der Waals surface area contributed by atoms with E-state index in [1.54, 1.807) is 6.92 Å². The zero-order chi connectivity index (χ0) is 27.2. The van der Waals surface area contributed by atoms with Gasteiger partial charge in [0.15, 0.2) is 5.76 Å². The van der Waals surface area contributed by atoms with Crippen LogP contribution in [-0.2, 0) is 19.1 Å². The summed E-state index contributed by atoms with van der Waals surface area (Å²) in [7, 11) is 0. The standard InChI is InChI=1S/C31H38N2O5/c1-21(2)26-16-15-22(3)19-27(26)37-28(34)17-18-32-30(35)29(38-31(32)36)23(4)20-33(24-11-7-5-8-12-24)25-13-9-6-10-14-25/h5-14,21-22,26-27H,15-20H2,1-4H3/b29-23+. The molecule has 0 radical (unpaired) electrons. The molecule has 2 aliphatic rings. The largest absolute Gasteiger partial charge is 0.462 e. The smallest absolute Gasteiger partial charge is 0.422 e. The van der Waals surface area contributed by atoms with E-state index in [1.807, 2.05) is 60.7 Å². The van der Waals surface area contributed by atoms with Crippen LogP contribution in [0.4, 0.5) is 16.2 Å². The molecule has 2 amide bonds. The minimum absolute atomic E-state index is 0.0150. The molecule has 1 aliphatic heterocycles. The number of nitrogens with zero attached hydrogens (tertiary/aromatic N) is 2. The predicted molar refractivity (Wildman–Crippen MR) is 147 cm³/mol. The summed E-state index contributed by atoms with van der Waals surface area (Å²) >= 11 is 0. The fourth-order valence-corrected chi connectivity index (χ4v) is 5.39. The zero-order valence-corrected chi connectivity index (χ0v) is 22.8. The van der Waals surface area contributed by atoms with Gasteiger partial charge in [0.2, 0.25) is 0 Å². The van der Waals surface area contributed by atoms with Crippen molar-refractivity contribution in [2.75, 3.05) is 18.0 Å². The quantitative estimate of drug-likeness (QED) is 0.280. The summed E-state index contributed by atoms with van der Waals surface area (Å²) < 4.78 is 11.2. The second kappa shape index (κ2) is 12.3. The molecule has 202 valence electrons. The van der Waals surface area contributed by atoms with Gasteiger partial charge in [0, 0.05) is 24.5 Å². The molecular formula is C31H38N2O5. The lowest BCUT2D eigenvalue weighted by Gasteiger charge is -2.36. The molecule has 7 nitrogen and oxygen atoms in total. The first-order valence-electron chi connectivity index (χ1n) is 13.5. The number of amides is 2. The molecule has 1 heterocycles. The van der Waals surface area contributed by atoms with Crippen molar-refractivity contribution in [3.63, 3.8) is 0 Å². The fourth-order valence-electron chi connectivity index (χ4n) is 5.39. The van der Waals surface area contributed by atoms with Gasteiger partial charge < -0.3 is 14.4 Å². The van der Waals surface area contributed by atoms with Gasteiger partial charge in [-0.2, -0.15) is 0 Å². The van der Waals surface area contributed by atoms with Gasteiger partial charge in [-0.15, -0.1) is 0 Å². The number of carbonyl (C=O) groups excluding carboxylic acids is 3. The van der Waals surface area contributed by atoms with Crippen LogP contribution >= 0.6 is 0 Å². The van der Waals surface area contributed by atoms with Gasteiger partial charge in [0.1, 0.15) is 6.10 Å². The number of para-hydroxylation sites is 2. The van der Waals surface area contributed by atoms with Crippen molar-refractivity contribution in [3.05, 3.63) is 72.0 Å². The molecule has 3 atom stereocenters. The highest BCUT2D eigenvalue weighted by molar-refractivity contribution is 6.08. The van der Waals surface area contributed by atoms with E-state index in [0.29, 0.717) is 29.9 Å². The van der Waals surface area contributed by atoms with E-state index >= 15 is 0 Å². The molecule has 1 saturated carbocycles. The summed E-state index contributed by atoms with van der Waals surface area (Å²) in [6.07, 6.45) is 2.12. The SMILES string of the molecule is C/C(CN(c1ccccc1)c1ccccc1)=C1\OC(=O)N(CCC(=O)OC2CC(C)CCC2C(C)C)C1=O. The van der Waals surface area contributed by atoms with E-state index in [-0.39, 0.29) is 30.8 Å². The molecule has 38 heavy (non-hydrogen) atoms. The second-order valence-corrected chi connectivity index (χ2v) is 10.8. The van der Waals surface area contributed by atoms with Gasteiger partial charge in [0.25, 0.3) is 5.91 Å². The molecule has 0 aromatic heterocycles. The molecule has 4 rings (SSSR count). The van der Waals surface area contributed by atoms with E-state index in [2.05, 4.69) is 25.7 Å². The topological polar surface area (TPSA) is 76.2 Å². The van der Waals surface area contributed by atoms with E-state index < -0.39 is 12.0 Å². The Kier molecular flexibility index (Phi) is 8.87. The number of rotatable bonds is 9. The highest BCUT2D eigenvalue weighted by atomic mass is 16.6. The fraction of sp³-hybridized carbons (Fsp3) is 0.452. The van der Waals surface area contributed by atoms with Crippen molar-refractivity contribution >= 4 is 29.3 Å². The van der Waals surface area contributed by atoms with E-state index in [1.165, 1.54) is 0 Å². The third kappa shape index (κ3) is 6.44. The molecule has 0 spiro atoms. The minimum atomic E-state index is -0.755. The van der Waals surface area contributed by atoms with Crippen LogP contribution in [0.2, 0.25) is 0 Å². The summed E-state index contributed by atoms with van der Waals surface area (Å²) in [6.45, 7) is 8.58. The van der Waals surface area contributed by atoms with Crippen molar-refractivity contribution < 1.29 is 23.9 Å². The lowest BCUT2D eigenvalue weighted by molar-refractivity contribution is -0.156. The van der Waals surface area contributed by atoms with Gasteiger partial charge in [-0.1, -0.05) is 63.6 Å². The first kappa shape index (κ1) is 27.4. The highest BCUT2D eigenvalue weighted by Gasteiger charge is 2.39. The average Bonchev–Trinajstić information content (AvgIpc) is 3.19. The average molecular weight is 519 g/mol. The van der Waals surface area contributed by atoms with Crippen LogP contribution in [0.5, 0.6) is 0 Å². The van der Waals surface area contributed by atoms with Crippen LogP contribution in [0.1, 0.15) is 53.4 Å². The number of cyclic esters (lactones) is 1. The number of imide groups is 1. The molecule has 2 aromatic carbocycles. The lowest BCUT2D eigenvalue weighted by Crippen LogP contribution is -2.37. The Balaban J connectivity index is 1.42. The highest BCUT2D eigenvalue weighted by Crippen LogP contribution is 2.35. The molecular weight excluding hydrogens is 480 g/mol. The number of carbonyl (C=O) groups is 3. The van der Waals surface area contributed by atoms with Gasteiger partial charge in [-0.25, -0.2) is 9.69 Å². The molecule has 0 bridgehead atoms. The van der Waals surface area contributed by atoms with Crippen LogP contribution in [0.15, 0.2) is 72.0 Å². The monoisotopic (exact) mass is 518 g/mol. The maximum absolute atomic E-state index is 13.2.